The number of nitro benzene ring substituents is 1. The topological polar surface area (TPSA) is 84.3 Å². The van der Waals surface area contributed by atoms with Gasteiger partial charge in [0.1, 0.15) is 5.02 Å². The molecule has 118 valence electrons. The predicted molar refractivity (Wildman–Crippen MR) is 93.0 cm³/mol. The molecular weight excluding hydrogens is 338 g/mol. The number of nitrogens with zero attached hydrogens (tertiary/aromatic N) is 1. The first kappa shape index (κ1) is 16.9. The fourth-order valence-corrected chi connectivity index (χ4v) is 2.17. The van der Waals surface area contributed by atoms with Crippen LogP contribution >= 0.6 is 23.8 Å². The van der Waals surface area contributed by atoms with Crippen LogP contribution in [0.3, 0.4) is 0 Å². The van der Waals surface area contributed by atoms with E-state index in [0.717, 1.165) is 17.3 Å². The minimum absolute atomic E-state index is 0.0353. The molecule has 0 bridgehead atoms. The summed E-state index contributed by atoms with van der Waals surface area (Å²) in [4.78, 5) is 22.3. The number of hydrogen-bond donors (Lipinski definition) is 2. The van der Waals surface area contributed by atoms with Gasteiger partial charge in [-0.25, -0.2) is 0 Å². The summed E-state index contributed by atoms with van der Waals surface area (Å²) in [5.41, 5.74) is 1.58. The maximum atomic E-state index is 12.1. The average molecular weight is 350 g/mol. The molecule has 0 aliphatic carbocycles. The van der Waals surface area contributed by atoms with Gasteiger partial charge in [-0.15, -0.1) is 0 Å². The molecule has 2 aromatic rings. The molecule has 0 aliphatic rings. The Labute approximate surface area is 142 Å². The third-order valence-electron chi connectivity index (χ3n) is 2.94. The predicted octanol–water partition coefficient (Wildman–Crippen LogP) is 3.68. The molecule has 0 atom stereocenters. The molecule has 0 spiro atoms. The molecule has 1 amide bonds. The molecular formula is C15H12ClN3O3S. The van der Waals surface area contributed by atoms with Gasteiger partial charge in [-0.1, -0.05) is 29.3 Å². The second kappa shape index (κ2) is 7.17. The zero-order valence-electron chi connectivity index (χ0n) is 12.0. The molecule has 2 N–H and O–H groups in total. The van der Waals surface area contributed by atoms with Crippen LogP contribution in [0.25, 0.3) is 0 Å². The summed E-state index contributed by atoms with van der Waals surface area (Å²) in [6.07, 6.45) is 0. The number of hydrogen-bond acceptors (Lipinski definition) is 4. The number of rotatable bonds is 3. The van der Waals surface area contributed by atoms with Crippen molar-refractivity contribution in [2.45, 2.75) is 6.92 Å². The Hall–Kier alpha value is -2.51. The summed E-state index contributed by atoms with van der Waals surface area (Å²) in [6, 6.07) is 11.2. The molecule has 8 heteroatoms. The van der Waals surface area contributed by atoms with E-state index in [-0.39, 0.29) is 21.4 Å². The van der Waals surface area contributed by atoms with Crippen LogP contribution in [0.5, 0.6) is 0 Å². The zero-order valence-corrected chi connectivity index (χ0v) is 13.6. The molecule has 2 aromatic carbocycles. The number of thiocarbonyl (C=S) groups is 1. The SMILES string of the molecule is Cc1ccc(NC(=S)NC(=O)c2ccc(Cl)c([N+](=O)[O-])c2)cc1. The van der Waals surface area contributed by atoms with Crippen molar-refractivity contribution in [1.82, 2.24) is 5.32 Å². The third kappa shape index (κ3) is 4.48. The molecule has 0 fully saturated rings. The lowest BCUT2D eigenvalue weighted by atomic mass is 10.2. The minimum atomic E-state index is -0.651. The number of carbonyl (C=O) groups excluding carboxylic acids is 1. The summed E-state index contributed by atoms with van der Waals surface area (Å²) < 4.78 is 0. The van der Waals surface area contributed by atoms with E-state index in [1.807, 2.05) is 31.2 Å². The summed E-state index contributed by atoms with van der Waals surface area (Å²) in [5.74, 6) is -0.561. The van der Waals surface area contributed by atoms with Crippen LogP contribution in [0.2, 0.25) is 5.02 Å². The number of nitrogens with one attached hydrogen (secondary N) is 2. The number of halogens is 1. The average Bonchev–Trinajstić information content (AvgIpc) is 2.49. The van der Waals surface area contributed by atoms with Crippen LogP contribution in [0.1, 0.15) is 15.9 Å². The fraction of sp³-hybridized carbons (Fsp3) is 0.0667. The summed E-state index contributed by atoms with van der Waals surface area (Å²) in [5, 5.41) is 16.2. The molecule has 0 radical (unpaired) electrons. The molecule has 2 rings (SSSR count). The Balaban J connectivity index is 2.06. The van der Waals surface area contributed by atoms with Gasteiger partial charge in [-0.05, 0) is 43.4 Å². The van der Waals surface area contributed by atoms with Gasteiger partial charge in [0.05, 0.1) is 4.92 Å². The van der Waals surface area contributed by atoms with Gasteiger partial charge in [0, 0.05) is 17.3 Å². The normalized spacial score (nSPS) is 10.0. The van der Waals surface area contributed by atoms with Crippen molar-refractivity contribution in [3.8, 4) is 0 Å². The highest BCUT2D eigenvalue weighted by Gasteiger charge is 2.16. The van der Waals surface area contributed by atoms with Crippen molar-refractivity contribution >= 4 is 46.2 Å². The zero-order chi connectivity index (χ0) is 17.0. The van der Waals surface area contributed by atoms with Crippen LogP contribution in [0.4, 0.5) is 11.4 Å². The van der Waals surface area contributed by atoms with Gasteiger partial charge in [0.2, 0.25) is 0 Å². The van der Waals surface area contributed by atoms with Gasteiger partial charge < -0.3 is 5.32 Å². The van der Waals surface area contributed by atoms with Crippen molar-refractivity contribution in [1.29, 1.82) is 0 Å². The third-order valence-corrected chi connectivity index (χ3v) is 3.47. The quantitative estimate of drug-likeness (QED) is 0.501. The van der Waals surface area contributed by atoms with E-state index in [2.05, 4.69) is 10.6 Å². The maximum absolute atomic E-state index is 12.1. The van der Waals surface area contributed by atoms with E-state index in [1.165, 1.54) is 12.1 Å². The van der Waals surface area contributed by atoms with Crippen molar-refractivity contribution in [2.75, 3.05) is 5.32 Å². The number of nitro groups is 1. The number of anilines is 1. The molecule has 0 aromatic heterocycles. The Kier molecular flexibility index (Phi) is 5.25. The number of carbonyl (C=O) groups is 1. The number of aryl methyl sites for hydroxylation is 1. The van der Waals surface area contributed by atoms with Gasteiger partial charge >= 0.3 is 0 Å². The van der Waals surface area contributed by atoms with E-state index in [1.54, 1.807) is 0 Å². The van der Waals surface area contributed by atoms with E-state index in [4.69, 9.17) is 23.8 Å². The van der Waals surface area contributed by atoms with Gasteiger partial charge in [0.25, 0.3) is 11.6 Å². The monoisotopic (exact) mass is 349 g/mol. The molecule has 0 saturated heterocycles. The Morgan fingerprint density at radius 1 is 1.22 bits per heavy atom. The second-order valence-corrected chi connectivity index (χ2v) is 5.51. The van der Waals surface area contributed by atoms with Gasteiger partial charge in [-0.2, -0.15) is 0 Å². The van der Waals surface area contributed by atoms with E-state index in [9.17, 15) is 14.9 Å². The van der Waals surface area contributed by atoms with Crippen LogP contribution in [0, 0.1) is 17.0 Å². The summed E-state index contributed by atoms with van der Waals surface area (Å²) >= 11 is 10.8. The van der Waals surface area contributed by atoms with Crippen molar-refractivity contribution in [3.63, 3.8) is 0 Å². The lowest BCUT2D eigenvalue weighted by Crippen LogP contribution is -2.34. The smallest absolute Gasteiger partial charge is 0.288 e. The first-order valence-electron chi connectivity index (χ1n) is 6.50. The highest BCUT2D eigenvalue weighted by Crippen LogP contribution is 2.25. The van der Waals surface area contributed by atoms with E-state index in [0.29, 0.717) is 0 Å². The standard InChI is InChI=1S/C15H12ClN3O3S/c1-9-2-5-11(6-3-9)17-15(23)18-14(20)10-4-7-12(16)13(8-10)19(21)22/h2-8H,1H3,(H2,17,18,20,23). The van der Waals surface area contributed by atoms with Crippen LogP contribution in [-0.2, 0) is 0 Å². The molecule has 0 saturated carbocycles. The van der Waals surface area contributed by atoms with E-state index < -0.39 is 10.8 Å². The molecule has 0 unspecified atom stereocenters. The Bertz CT molecular complexity index is 778. The molecule has 6 nitrogen and oxygen atoms in total. The maximum Gasteiger partial charge on any atom is 0.288 e. The number of benzene rings is 2. The van der Waals surface area contributed by atoms with Crippen LogP contribution in [0.15, 0.2) is 42.5 Å². The summed E-state index contributed by atoms with van der Waals surface area (Å²) in [6.45, 7) is 1.96. The Morgan fingerprint density at radius 3 is 2.48 bits per heavy atom. The van der Waals surface area contributed by atoms with Gasteiger partial charge in [0.15, 0.2) is 5.11 Å². The highest BCUT2D eigenvalue weighted by molar-refractivity contribution is 7.80. The fourth-order valence-electron chi connectivity index (χ4n) is 1.77. The second-order valence-electron chi connectivity index (χ2n) is 4.70. The minimum Gasteiger partial charge on any atom is -0.332 e. The molecule has 0 aliphatic heterocycles. The first-order valence-corrected chi connectivity index (χ1v) is 7.28. The first-order chi connectivity index (χ1) is 10.9. The molecule has 0 heterocycles. The lowest BCUT2D eigenvalue weighted by molar-refractivity contribution is -0.384. The Morgan fingerprint density at radius 2 is 1.87 bits per heavy atom. The summed E-state index contributed by atoms with van der Waals surface area (Å²) in [7, 11) is 0. The van der Waals surface area contributed by atoms with Crippen LogP contribution < -0.4 is 10.6 Å². The number of amides is 1. The van der Waals surface area contributed by atoms with Crippen LogP contribution in [-0.4, -0.2) is 15.9 Å². The highest BCUT2D eigenvalue weighted by atomic mass is 35.5. The largest absolute Gasteiger partial charge is 0.332 e. The van der Waals surface area contributed by atoms with Crippen molar-refractivity contribution in [2.24, 2.45) is 0 Å². The van der Waals surface area contributed by atoms with Gasteiger partial charge in [-0.3, -0.25) is 20.2 Å². The van der Waals surface area contributed by atoms with E-state index >= 15 is 0 Å². The lowest BCUT2D eigenvalue weighted by Gasteiger charge is -2.10. The van der Waals surface area contributed by atoms with Crippen molar-refractivity contribution < 1.29 is 9.72 Å². The van der Waals surface area contributed by atoms with Crippen molar-refractivity contribution in [3.05, 3.63) is 68.7 Å². The molecule has 23 heavy (non-hydrogen) atoms.